The van der Waals surface area contributed by atoms with Gasteiger partial charge in [-0.05, 0) is 44.1 Å². The quantitative estimate of drug-likeness (QED) is 0.777. The molecule has 3 atom stereocenters. The number of nitrogens with two attached hydrogens (primary N) is 1. The number of aliphatic hydroxyl groups is 1. The molecule has 2 rings (SSSR count). The fourth-order valence-electron chi connectivity index (χ4n) is 4.32. The lowest BCUT2D eigenvalue weighted by molar-refractivity contribution is 0.0340. The third-order valence-electron chi connectivity index (χ3n) is 5.52. The molecule has 0 amide bonds. The van der Waals surface area contributed by atoms with Crippen LogP contribution in [-0.2, 0) is 0 Å². The molecule has 0 aliphatic heterocycles. The minimum atomic E-state index is 0.293. The molecule has 2 fully saturated rings. The summed E-state index contributed by atoms with van der Waals surface area (Å²) in [5.41, 5.74) is 6.02. The van der Waals surface area contributed by atoms with Crippen LogP contribution in [0.3, 0.4) is 0 Å². The van der Waals surface area contributed by atoms with Crippen LogP contribution in [0.1, 0.15) is 58.3 Å². The summed E-state index contributed by atoms with van der Waals surface area (Å²) in [5, 5.41) is 9.44. The van der Waals surface area contributed by atoms with Crippen molar-refractivity contribution in [1.82, 2.24) is 4.90 Å². The maximum absolute atomic E-state index is 9.44. The Bertz CT molecular complexity index is 253. The zero-order valence-electron chi connectivity index (χ0n) is 12.6. The lowest BCUT2D eigenvalue weighted by Crippen LogP contribution is -2.51. The van der Waals surface area contributed by atoms with Gasteiger partial charge in [0, 0.05) is 18.6 Å². The molecule has 2 aliphatic rings. The average Bonchev–Trinajstić information content (AvgIpc) is 2.98. The summed E-state index contributed by atoms with van der Waals surface area (Å²) in [4.78, 5) is 2.63. The highest BCUT2D eigenvalue weighted by atomic mass is 16.3. The van der Waals surface area contributed by atoms with Gasteiger partial charge in [0.1, 0.15) is 0 Å². The van der Waals surface area contributed by atoms with E-state index in [1.54, 1.807) is 0 Å². The van der Waals surface area contributed by atoms with Gasteiger partial charge in [-0.3, -0.25) is 4.90 Å². The first-order valence-corrected chi connectivity index (χ1v) is 8.36. The van der Waals surface area contributed by atoms with Crippen LogP contribution in [-0.4, -0.2) is 41.8 Å². The predicted molar refractivity (Wildman–Crippen MR) is 80.0 cm³/mol. The SMILES string of the molecule is CCC1CCC(CN)C(N(CCO)C2CCCC2)C1. The number of rotatable bonds is 6. The van der Waals surface area contributed by atoms with E-state index < -0.39 is 0 Å². The van der Waals surface area contributed by atoms with Gasteiger partial charge in [0.2, 0.25) is 0 Å². The minimum Gasteiger partial charge on any atom is -0.395 e. The van der Waals surface area contributed by atoms with Crippen molar-refractivity contribution in [2.75, 3.05) is 19.7 Å². The Morgan fingerprint density at radius 2 is 1.89 bits per heavy atom. The van der Waals surface area contributed by atoms with E-state index in [0.717, 1.165) is 19.0 Å². The standard InChI is InChI=1S/C16H32N2O/c1-2-13-7-8-14(12-17)16(11-13)18(9-10-19)15-5-3-4-6-15/h13-16,19H,2-12,17H2,1H3. The molecule has 3 unspecified atom stereocenters. The molecule has 0 bridgehead atoms. The van der Waals surface area contributed by atoms with Crippen LogP contribution in [0.4, 0.5) is 0 Å². The normalized spacial score (nSPS) is 33.2. The van der Waals surface area contributed by atoms with Crippen molar-refractivity contribution in [2.45, 2.75) is 70.4 Å². The average molecular weight is 268 g/mol. The van der Waals surface area contributed by atoms with Crippen LogP contribution in [0.25, 0.3) is 0 Å². The van der Waals surface area contributed by atoms with E-state index >= 15 is 0 Å². The maximum atomic E-state index is 9.44. The van der Waals surface area contributed by atoms with Crippen LogP contribution in [0.5, 0.6) is 0 Å². The third-order valence-corrected chi connectivity index (χ3v) is 5.52. The summed E-state index contributed by atoms with van der Waals surface area (Å²) in [7, 11) is 0. The second-order valence-corrected chi connectivity index (χ2v) is 6.55. The summed E-state index contributed by atoms with van der Waals surface area (Å²) in [6.45, 7) is 4.27. The van der Waals surface area contributed by atoms with E-state index in [1.807, 2.05) is 0 Å². The molecule has 19 heavy (non-hydrogen) atoms. The van der Waals surface area contributed by atoms with Crippen molar-refractivity contribution in [3.05, 3.63) is 0 Å². The summed E-state index contributed by atoms with van der Waals surface area (Å²) in [6.07, 6.45) is 10.6. The highest BCUT2D eigenvalue weighted by Gasteiger charge is 2.36. The lowest BCUT2D eigenvalue weighted by Gasteiger charge is -2.45. The second-order valence-electron chi connectivity index (χ2n) is 6.55. The lowest BCUT2D eigenvalue weighted by atomic mass is 9.76. The zero-order valence-corrected chi connectivity index (χ0v) is 12.6. The van der Waals surface area contributed by atoms with Crippen molar-refractivity contribution < 1.29 is 5.11 Å². The molecule has 0 radical (unpaired) electrons. The highest BCUT2D eigenvalue weighted by Crippen LogP contribution is 2.36. The third kappa shape index (κ3) is 3.71. The Balaban J connectivity index is 2.06. The molecule has 2 saturated carbocycles. The Labute approximate surface area is 118 Å². The Morgan fingerprint density at radius 3 is 2.47 bits per heavy atom. The number of hydrogen-bond donors (Lipinski definition) is 2. The monoisotopic (exact) mass is 268 g/mol. The summed E-state index contributed by atoms with van der Waals surface area (Å²) in [5.74, 6) is 1.52. The molecule has 2 aliphatic carbocycles. The van der Waals surface area contributed by atoms with Crippen molar-refractivity contribution in [2.24, 2.45) is 17.6 Å². The van der Waals surface area contributed by atoms with Gasteiger partial charge < -0.3 is 10.8 Å². The molecule has 0 aromatic carbocycles. The predicted octanol–water partition coefficient (Wildman–Crippen LogP) is 2.38. The van der Waals surface area contributed by atoms with E-state index in [0.29, 0.717) is 24.6 Å². The van der Waals surface area contributed by atoms with Gasteiger partial charge in [0.15, 0.2) is 0 Å². The first kappa shape index (κ1) is 15.3. The molecular formula is C16H32N2O. The second kappa shape index (κ2) is 7.61. The van der Waals surface area contributed by atoms with E-state index in [-0.39, 0.29) is 0 Å². The number of hydrogen-bond acceptors (Lipinski definition) is 3. The molecule has 0 heterocycles. The van der Waals surface area contributed by atoms with E-state index in [2.05, 4.69) is 11.8 Å². The minimum absolute atomic E-state index is 0.293. The van der Waals surface area contributed by atoms with Crippen molar-refractivity contribution >= 4 is 0 Å². The Kier molecular flexibility index (Phi) is 6.11. The van der Waals surface area contributed by atoms with Crippen LogP contribution in [0.2, 0.25) is 0 Å². The summed E-state index contributed by atoms with van der Waals surface area (Å²) >= 11 is 0. The van der Waals surface area contributed by atoms with Crippen LogP contribution >= 0.6 is 0 Å². The highest BCUT2D eigenvalue weighted by molar-refractivity contribution is 4.91. The number of nitrogens with zero attached hydrogens (tertiary/aromatic N) is 1. The fourth-order valence-corrected chi connectivity index (χ4v) is 4.32. The van der Waals surface area contributed by atoms with Gasteiger partial charge in [-0.25, -0.2) is 0 Å². The van der Waals surface area contributed by atoms with Gasteiger partial charge in [-0.1, -0.05) is 32.6 Å². The molecule has 0 aromatic rings. The molecule has 3 nitrogen and oxygen atoms in total. The molecule has 0 saturated heterocycles. The molecule has 0 aromatic heterocycles. The van der Waals surface area contributed by atoms with Crippen molar-refractivity contribution in [1.29, 1.82) is 0 Å². The van der Waals surface area contributed by atoms with Gasteiger partial charge in [0.05, 0.1) is 6.61 Å². The van der Waals surface area contributed by atoms with Gasteiger partial charge in [-0.15, -0.1) is 0 Å². The molecular weight excluding hydrogens is 236 g/mol. The topological polar surface area (TPSA) is 49.5 Å². The Morgan fingerprint density at radius 1 is 1.16 bits per heavy atom. The van der Waals surface area contributed by atoms with E-state index in [4.69, 9.17) is 5.73 Å². The fraction of sp³-hybridized carbons (Fsp3) is 1.00. The summed E-state index contributed by atoms with van der Waals surface area (Å²) in [6, 6.07) is 1.33. The van der Waals surface area contributed by atoms with Gasteiger partial charge in [0.25, 0.3) is 0 Å². The first-order valence-electron chi connectivity index (χ1n) is 8.36. The Hall–Kier alpha value is -0.120. The molecule has 3 N–H and O–H groups in total. The first-order chi connectivity index (χ1) is 9.30. The van der Waals surface area contributed by atoms with Crippen molar-refractivity contribution in [3.8, 4) is 0 Å². The largest absolute Gasteiger partial charge is 0.395 e. The van der Waals surface area contributed by atoms with Crippen LogP contribution in [0.15, 0.2) is 0 Å². The van der Waals surface area contributed by atoms with Crippen molar-refractivity contribution in [3.63, 3.8) is 0 Å². The van der Waals surface area contributed by atoms with Gasteiger partial charge >= 0.3 is 0 Å². The maximum Gasteiger partial charge on any atom is 0.0558 e. The smallest absolute Gasteiger partial charge is 0.0558 e. The van der Waals surface area contributed by atoms with Crippen LogP contribution < -0.4 is 5.73 Å². The summed E-state index contributed by atoms with van der Waals surface area (Å²) < 4.78 is 0. The zero-order chi connectivity index (χ0) is 13.7. The van der Waals surface area contributed by atoms with Gasteiger partial charge in [-0.2, -0.15) is 0 Å². The molecule has 3 heteroatoms. The van der Waals surface area contributed by atoms with E-state index in [9.17, 15) is 5.11 Å². The van der Waals surface area contributed by atoms with E-state index in [1.165, 1.54) is 51.4 Å². The van der Waals surface area contributed by atoms with Crippen LogP contribution in [0, 0.1) is 11.8 Å². The molecule has 0 spiro atoms. The number of aliphatic hydroxyl groups excluding tert-OH is 1. The molecule has 112 valence electrons.